The van der Waals surface area contributed by atoms with E-state index in [9.17, 15) is 0 Å². The van der Waals surface area contributed by atoms with Gasteiger partial charge in [-0.05, 0) is 12.8 Å². The molecule has 0 aliphatic rings. The average Bonchev–Trinajstić information content (AvgIpc) is 2.67. The summed E-state index contributed by atoms with van der Waals surface area (Å²) < 4.78 is 5.14. The lowest BCUT2D eigenvalue weighted by Crippen LogP contribution is -2.11. The zero-order chi connectivity index (χ0) is 11.1. The fourth-order valence-corrected chi connectivity index (χ4v) is 1.49. The molecule has 4 heteroatoms. The number of nitrogens with two attached hydrogens (primary N) is 1. The molecule has 1 aromatic rings. The van der Waals surface area contributed by atoms with Crippen molar-refractivity contribution in [2.45, 2.75) is 58.4 Å². The topological polar surface area (TPSA) is 64.9 Å². The number of hydrogen-bond acceptors (Lipinski definition) is 4. The lowest BCUT2D eigenvalue weighted by atomic mass is 10.2. The first-order valence-corrected chi connectivity index (χ1v) is 5.86. The van der Waals surface area contributed by atoms with Crippen LogP contribution in [-0.2, 0) is 6.42 Å². The summed E-state index contributed by atoms with van der Waals surface area (Å²) in [5.41, 5.74) is 5.89. The third-order valence-electron chi connectivity index (χ3n) is 2.41. The third kappa shape index (κ3) is 4.00. The molecule has 0 aliphatic carbocycles. The maximum atomic E-state index is 5.89. The molecule has 0 spiro atoms. The van der Waals surface area contributed by atoms with Gasteiger partial charge in [0.25, 0.3) is 0 Å². The first kappa shape index (κ1) is 12.2. The summed E-state index contributed by atoms with van der Waals surface area (Å²) in [6.07, 6.45) is 6.35. The van der Waals surface area contributed by atoms with Gasteiger partial charge in [-0.3, -0.25) is 0 Å². The third-order valence-corrected chi connectivity index (χ3v) is 2.41. The smallest absolute Gasteiger partial charge is 0.226 e. The molecule has 1 unspecified atom stereocenters. The van der Waals surface area contributed by atoms with Gasteiger partial charge in [0.1, 0.15) is 0 Å². The van der Waals surface area contributed by atoms with E-state index in [2.05, 4.69) is 24.0 Å². The Morgan fingerprint density at radius 3 is 2.73 bits per heavy atom. The molecule has 1 atom stereocenters. The Kier molecular flexibility index (Phi) is 5.32. The van der Waals surface area contributed by atoms with E-state index in [4.69, 9.17) is 10.3 Å². The molecule has 86 valence electrons. The van der Waals surface area contributed by atoms with Crippen molar-refractivity contribution in [2.75, 3.05) is 0 Å². The van der Waals surface area contributed by atoms with Crippen LogP contribution in [0.25, 0.3) is 0 Å². The van der Waals surface area contributed by atoms with E-state index in [0.717, 1.165) is 31.6 Å². The minimum atomic E-state index is -0.0707. The van der Waals surface area contributed by atoms with Gasteiger partial charge in [0.05, 0.1) is 6.04 Å². The molecule has 15 heavy (non-hydrogen) atoms. The summed E-state index contributed by atoms with van der Waals surface area (Å²) in [5, 5.41) is 3.90. The molecule has 0 saturated heterocycles. The SMILES string of the molecule is CCCCCc1nc(C(N)CCC)no1. The van der Waals surface area contributed by atoms with E-state index in [0.29, 0.717) is 5.82 Å². The van der Waals surface area contributed by atoms with Crippen LogP contribution in [-0.4, -0.2) is 10.1 Å². The van der Waals surface area contributed by atoms with Crippen LogP contribution < -0.4 is 5.73 Å². The van der Waals surface area contributed by atoms with Crippen molar-refractivity contribution in [1.82, 2.24) is 10.1 Å². The molecule has 0 radical (unpaired) electrons. The van der Waals surface area contributed by atoms with Gasteiger partial charge in [0.15, 0.2) is 5.82 Å². The second-order valence-electron chi connectivity index (χ2n) is 3.90. The van der Waals surface area contributed by atoms with Crippen molar-refractivity contribution in [3.8, 4) is 0 Å². The minimum Gasteiger partial charge on any atom is -0.339 e. The molecule has 0 aromatic carbocycles. The van der Waals surface area contributed by atoms with Gasteiger partial charge >= 0.3 is 0 Å². The summed E-state index contributed by atoms with van der Waals surface area (Å²) in [4.78, 5) is 4.30. The number of hydrogen-bond donors (Lipinski definition) is 1. The van der Waals surface area contributed by atoms with Gasteiger partial charge in [-0.1, -0.05) is 38.3 Å². The van der Waals surface area contributed by atoms with E-state index in [1.807, 2.05) is 0 Å². The summed E-state index contributed by atoms with van der Waals surface area (Å²) >= 11 is 0. The van der Waals surface area contributed by atoms with Crippen LogP contribution in [0.1, 0.15) is 63.7 Å². The first-order valence-electron chi connectivity index (χ1n) is 5.86. The molecule has 0 saturated carbocycles. The Bertz CT molecular complexity index is 273. The Morgan fingerprint density at radius 2 is 2.07 bits per heavy atom. The summed E-state index contributed by atoms with van der Waals surface area (Å²) in [6, 6.07) is -0.0707. The van der Waals surface area contributed by atoms with Gasteiger partial charge in [-0.2, -0.15) is 4.98 Å². The van der Waals surface area contributed by atoms with Gasteiger partial charge in [0, 0.05) is 6.42 Å². The van der Waals surface area contributed by atoms with Crippen molar-refractivity contribution in [3.05, 3.63) is 11.7 Å². The second kappa shape index (κ2) is 6.56. The lowest BCUT2D eigenvalue weighted by molar-refractivity contribution is 0.365. The van der Waals surface area contributed by atoms with E-state index < -0.39 is 0 Å². The quantitative estimate of drug-likeness (QED) is 0.704. The van der Waals surface area contributed by atoms with Crippen molar-refractivity contribution < 1.29 is 4.52 Å². The van der Waals surface area contributed by atoms with Gasteiger partial charge < -0.3 is 10.3 Å². The number of aryl methyl sites for hydroxylation is 1. The molecular formula is C11H21N3O. The number of aromatic nitrogens is 2. The number of rotatable bonds is 7. The maximum Gasteiger partial charge on any atom is 0.226 e. The Labute approximate surface area is 91.2 Å². The molecule has 1 rings (SSSR count). The first-order chi connectivity index (χ1) is 7.27. The summed E-state index contributed by atoms with van der Waals surface area (Å²) in [5.74, 6) is 1.38. The average molecular weight is 211 g/mol. The summed E-state index contributed by atoms with van der Waals surface area (Å²) in [7, 11) is 0. The van der Waals surface area contributed by atoms with Gasteiger partial charge in [-0.25, -0.2) is 0 Å². The highest BCUT2D eigenvalue weighted by molar-refractivity contribution is 4.92. The van der Waals surface area contributed by atoms with Gasteiger partial charge in [0.2, 0.25) is 5.89 Å². The van der Waals surface area contributed by atoms with Crippen LogP contribution >= 0.6 is 0 Å². The van der Waals surface area contributed by atoms with Crippen molar-refractivity contribution in [3.63, 3.8) is 0 Å². The highest BCUT2D eigenvalue weighted by atomic mass is 16.5. The molecule has 1 heterocycles. The molecular weight excluding hydrogens is 190 g/mol. The monoisotopic (exact) mass is 211 g/mol. The van der Waals surface area contributed by atoms with Crippen LogP contribution in [0, 0.1) is 0 Å². The Morgan fingerprint density at radius 1 is 1.27 bits per heavy atom. The Hall–Kier alpha value is -0.900. The number of nitrogens with zero attached hydrogens (tertiary/aromatic N) is 2. The fraction of sp³-hybridized carbons (Fsp3) is 0.818. The zero-order valence-corrected chi connectivity index (χ0v) is 9.70. The van der Waals surface area contributed by atoms with E-state index >= 15 is 0 Å². The van der Waals surface area contributed by atoms with Crippen LogP contribution in [0.15, 0.2) is 4.52 Å². The molecule has 0 amide bonds. The predicted octanol–water partition coefficient (Wildman–Crippen LogP) is 2.60. The van der Waals surface area contributed by atoms with Crippen molar-refractivity contribution >= 4 is 0 Å². The van der Waals surface area contributed by atoms with Crippen LogP contribution in [0.5, 0.6) is 0 Å². The van der Waals surface area contributed by atoms with Crippen LogP contribution in [0.3, 0.4) is 0 Å². The molecule has 0 bridgehead atoms. The molecule has 1 aromatic heterocycles. The molecule has 4 nitrogen and oxygen atoms in total. The second-order valence-corrected chi connectivity index (χ2v) is 3.90. The minimum absolute atomic E-state index is 0.0707. The standard InChI is InChI=1S/C11H21N3O/c1-3-5-6-8-10-13-11(14-15-10)9(12)7-4-2/h9H,3-8,12H2,1-2H3. The molecule has 0 fully saturated rings. The normalized spacial score (nSPS) is 13.0. The highest BCUT2D eigenvalue weighted by Gasteiger charge is 2.12. The molecule has 0 aliphatic heterocycles. The lowest BCUT2D eigenvalue weighted by Gasteiger charge is -2.02. The van der Waals surface area contributed by atoms with Crippen LogP contribution in [0.4, 0.5) is 0 Å². The predicted molar refractivity (Wildman–Crippen MR) is 59.4 cm³/mol. The zero-order valence-electron chi connectivity index (χ0n) is 9.70. The number of unbranched alkanes of at least 4 members (excludes halogenated alkanes) is 2. The highest BCUT2D eigenvalue weighted by Crippen LogP contribution is 2.13. The Balaban J connectivity index is 2.41. The fourth-order valence-electron chi connectivity index (χ4n) is 1.49. The summed E-state index contributed by atoms with van der Waals surface area (Å²) in [6.45, 7) is 4.28. The van der Waals surface area contributed by atoms with Crippen molar-refractivity contribution in [1.29, 1.82) is 0 Å². The van der Waals surface area contributed by atoms with Crippen LogP contribution in [0.2, 0.25) is 0 Å². The molecule has 2 N–H and O–H groups in total. The van der Waals surface area contributed by atoms with E-state index in [-0.39, 0.29) is 6.04 Å². The maximum absolute atomic E-state index is 5.89. The van der Waals surface area contributed by atoms with Gasteiger partial charge in [-0.15, -0.1) is 0 Å². The van der Waals surface area contributed by atoms with Crippen molar-refractivity contribution in [2.24, 2.45) is 5.73 Å². The van der Waals surface area contributed by atoms with E-state index in [1.54, 1.807) is 0 Å². The largest absolute Gasteiger partial charge is 0.339 e. The van der Waals surface area contributed by atoms with E-state index in [1.165, 1.54) is 12.8 Å².